The molecule has 2 heterocycles. The molecule has 0 saturated carbocycles. The van der Waals surface area contributed by atoms with E-state index in [0.717, 1.165) is 16.7 Å². The number of hydrogen-bond donors (Lipinski definition) is 0. The topological polar surface area (TPSA) is 64.3 Å². The molecular weight excluding hydrogens is 346 g/mol. The summed E-state index contributed by atoms with van der Waals surface area (Å²) >= 11 is 0. The Kier molecular flexibility index (Phi) is 3.85. The van der Waals surface area contributed by atoms with E-state index in [1.807, 2.05) is 38.1 Å². The highest BCUT2D eigenvalue weighted by Crippen LogP contribution is 2.27. The molecule has 0 fully saturated rings. The first-order valence-corrected chi connectivity index (χ1v) is 9.66. The lowest BCUT2D eigenvalue weighted by Gasteiger charge is -2.10. The molecule has 0 amide bonds. The number of nitrogens with zero attached hydrogens (tertiary/aromatic N) is 3. The fraction of sp³-hybridized carbons (Fsp3) is 0.100. The smallest absolute Gasteiger partial charge is 0.223 e. The molecule has 0 spiro atoms. The molecule has 0 saturated heterocycles. The highest BCUT2D eigenvalue weighted by atomic mass is 32.2. The molecule has 130 valence electrons. The number of imidazole rings is 1. The number of aryl methyl sites for hydroxylation is 2. The van der Waals surface area contributed by atoms with Crippen LogP contribution in [0.3, 0.4) is 0 Å². The van der Waals surface area contributed by atoms with Crippen molar-refractivity contribution in [2.45, 2.75) is 23.8 Å². The van der Waals surface area contributed by atoms with E-state index in [2.05, 4.69) is 9.97 Å². The van der Waals surface area contributed by atoms with E-state index in [1.165, 1.54) is 6.20 Å². The molecule has 0 aliphatic rings. The summed E-state index contributed by atoms with van der Waals surface area (Å²) in [5.41, 5.74) is 4.18. The van der Waals surface area contributed by atoms with Crippen LogP contribution < -0.4 is 0 Å². The maximum absolute atomic E-state index is 13.1. The van der Waals surface area contributed by atoms with Crippen molar-refractivity contribution in [3.8, 4) is 11.3 Å². The minimum Gasteiger partial charge on any atom is -0.287 e. The second-order valence-corrected chi connectivity index (χ2v) is 8.15. The molecule has 4 aromatic rings. The number of hydrogen-bond acceptors (Lipinski definition) is 4. The van der Waals surface area contributed by atoms with Crippen molar-refractivity contribution < 1.29 is 8.42 Å². The molecule has 6 heteroatoms. The Balaban J connectivity index is 1.92. The summed E-state index contributed by atoms with van der Waals surface area (Å²) < 4.78 is 27.7. The van der Waals surface area contributed by atoms with Crippen molar-refractivity contribution in [2.24, 2.45) is 0 Å². The molecule has 5 nitrogen and oxygen atoms in total. The second-order valence-electron chi connectivity index (χ2n) is 6.25. The third-order valence-electron chi connectivity index (χ3n) is 4.29. The first-order valence-electron chi connectivity index (χ1n) is 8.18. The Hall–Kier alpha value is -2.99. The molecule has 4 rings (SSSR count). The monoisotopic (exact) mass is 363 g/mol. The fourth-order valence-corrected chi connectivity index (χ4v) is 4.26. The third kappa shape index (κ3) is 2.68. The maximum atomic E-state index is 13.1. The predicted octanol–water partition coefficient (Wildman–Crippen LogP) is 3.85. The minimum absolute atomic E-state index is 0.102. The van der Waals surface area contributed by atoms with Crippen LogP contribution in [0.4, 0.5) is 0 Å². The molecule has 2 aromatic heterocycles. The predicted molar refractivity (Wildman–Crippen MR) is 99.8 cm³/mol. The summed E-state index contributed by atoms with van der Waals surface area (Å²) in [7, 11) is -3.70. The van der Waals surface area contributed by atoms with Gasteiger partial charge in [0, 0.05) is 18.0 Å². The zero-order valence-electron chi connectivity index (χ0n) is 14.4. The summed E-state index contributed by atoms with van der Waals surface area (Å²) in [6, 6.07) is 14.7. The van der Waals surface area contributed by atoms with Crippen LogP contribution in [-0.2, 0) is 9.84 Å². The van der Waals surface area contributed by atoms with Gasteiger partial charge < -0.3 is 0 Å². The molecule has 2 aromatic carbocycles. The van der Waals surface area contributed by atoms with Gasteiger partial charge in [0.2, 0.25) is 9.84 Å². The second kappa shape index (κ2) is 6.07. The number of fused-ring (bicyclic) bond motifs is 1. The van der Waals surface area contributed by atoms with Crippen LogP contribution in [0.5, 0.6) is 0 Å². The van der Waals surface area contributed by atoms with E-state index in [-0.39, 0.29) is 9.92 Å². The third-order valence-corrected chi connectivity index (χ3v) is 6.04. The van der Waals surface area contributed by atoms with Gasteiger partial charge in [-0.25, -0.2) is 18.4 Å². The SMILES string of the molecule is Cc1ccc(S(=O)(=O)c2cnc(-c3cccc(C)c3)c3nccn23)cc1. The van der Waals surface area contributed by atoms with E-state index in [9.17, 15) is 8.42 Å². The Morgan fingerprint density at radius 1 is 0.923 bits per heavy atom. The maximum Gasteiger partial charge on any atom is 0.223 e. The lowest BCUT2D eigenvalue weighted by molar-refractivity contribution is 0.590. The van der Waals surface area contributed by atoms with E-state index in [0.29, 0.717) is 11.3 Å². The van der Waals surface area contributed by atoms with Gasteiger partial charge >= 0.3 is 0 Å². The Morgan fingerprint density at radius 2 is 1.69 bits per heavy atom. The standard InChI is InChI=1S/C20H17N3O2S/c1-14-6-8-17(9-7-14)26(24,25)18-13-22-19(20-21-10-11-23(18)20)16-5-3-4-15(2)12-16/h3-13H,1-2H3. The zero-order valence-corrected chi connectivity index (χ0v) is 15.2. The summed E-state index contributed by atoms with van der Waals surface area (Å²) in [5, 5.41) is 0.102. The van der Waals surface area contributed by atoms with Crippen molar-refractivity contribution in [1.82, 2.24) is 14.4 Å². The summed E-state index contributed by atoms with van der Waals surface area (Å²) in [6.45, 7) is 3.92. The van der Waals surface area contributed by atoms with Crippen molar-refractivity contribution in [2.75, 3.05) is 0 Å². The van der Waals surface area contributed by atoms with Gasteiger partial charge in [0.25, 0.3) is 0 Å². The van der Waals surface area contributed by atoms with Gasteiger partial charge in [-0.05, 0) is 32.0 Å². The molecule has 0 bridgehead atoms. The number of benzene rings is 2. The molecule has 0 aliphatic heterocycles. The van der Waals surface area contributed by atoms with Crippen molar-refractivity contribution in [1.29, 1.82) is 0 Å². The lowest BCUT2D eigenvalue weighted by Crippen LogP contribution is -2.09. The Bertz CT molecular complexity index is 1210. The highest BCUT2D eigenvalue weighted by Gasteiger charge is 2.23. The molecule has 0 unspecified atom stereocenters. The fourth-order valence-electron chi connectivity index (χ4n) is 2.93. The van der Waals surface area contributed by atoms with Crippen molar-refractivity contribution >= 4 is 15.5 Å². The Morgan fingerprint density at radius 3 is 2.42 bits per heavy atom. The largest absolute Gasteiger partial charge is 0.287 e. The lowest BCUT2D eigenvalue weighted by atomic mass is 10.1. The van der Waals surface area contributed by atoms with E-state index in [4.69, 9.17) is 0 Å². The number of sulfone groups is 1. The molecular formula is C20H17N3O2S. The number of rotatable bonds is 3. The van der Waals surface area contributed by atoms with Crippen LogP contribution in [-0.4, -0.2) is 22.8 Å². The van der Waals surface area contributed by atoms with Crippen LogP contribution in [0.15, 0.2) is 77.0 Å². The van der Waals surface area contributed by atoms with Crippen LogP contribution >= 0.6 is 0 Å². The average molecular weight is 363 g/mol. The van der Waals surface area contributed by atoms with Gasteiger partial charge in [-0.1, -0.05) is 41.5 Å². The average Bonchev–Trinajstić information content (AvgIpc) is 3.10. The van der Waals surface area contributed by atoms with Crippen LogP contribution in [0.1, 0.15) is 11.1 Å². The first-order chi connectivity index (χ1) is 12.5. The van der Waals surface area contributed by atoms with E-state index >= 15 is 0 Å². The van der Waals surface area contributed by atoms with Crippen LogP contribution in [0.2, 0.25) is 0 Å². The van der Waals surface area contributed by atoms with Crippen LogP contribution in [0, 0.1) is 13.8 Å². The molecule has 0 aliphatic carbocycles. The van der Waals surface area contributed by atoms with Gasteiger partial charge in [-0.3, -0.25) is 4.40 Å². The first kappa shape index (κ1) is 16.5. The Labute approximate surface area is 151 Å². The van der Waals surface area contributed by atoms with Gasteiger partial charge in [0.05, 0.1) is 11.1 Å². The quantitative estimate of drug-likeness (QED) is 0.555. The van der Waals surface area contributed by atoms with Crippen LogP contribution in [0.25, 0.3) is 16.9 Å². The van der Waals surface area contributed by atoms with E-state index < -0.39 is 9.84 Å². The molecule has 26 heavy (non-hydrogen) atoms. The van der Waals surface area contributed by atoms with E-state index in [1.54, 1.807) is 41.1 Å². The zero-order chi connectivity index (χ0) is 18.3. The molecule has 0 atom stereocenters. The molecule has 0 N–H and O–H groups in total. The van der Waals surface area contributed by atoms with Gasteiger partial charge in [-0.2, -0.15) is 0 Å². The summed E-state index contributed by atoms with van der Waals surface area (Å²) in [6.07, 6.45) is 4.64. The molecule has 0 radical (unpaired) electrons. The summed E-state index contributed by atoms with van der Waals surface area (Å²) in [4.78, 5) is 9.02. The van der Waals surface area contributed by atoms with Gasteiger partial charge in [-0.15, -0.1) is 0 Å². The van der Waals surface area contributed by atoms with Gasteiger partial charge in [0.15, 0.2) is 10.7 Å². The van der Waals surface area contributed by atoms with Crippen molar-refractivity contribution in [3.05, 3.63) is 78.2 Å². The van der Waals surface area contributed by atoms with Crippen molar-refractivity contribution in [3.63, 3.8) is 0 Å². The highest BCUT2D eigenvalue weighted by molar-refractivity contribution is 7.91. The normalized spacial score (nSPS) is 11.8. The number of aromatic nitrogens is 3. The summed E-state index contributed by atoms with van der Waals surface area (Å²) in [5.74, 6) is 0. The van der Waals surface area contributed by atoms with Gasteiger partial charge in [0.1, 0.15) is 5.69 Å². The minimum atomic E-state index is -3.70.